The first-order valence-corrected chi connectivity index (χ1v) is 5.69. The summed E-state index contributed by atoms with van der Waals surface area (Å²) in [5, 5.41) is 12.3. The molecule has 1 heterocycles. The number of nitrogens with zero attached hydrogens (tertiary/aromatic N) is 1. The fourth-order valence-electron chi connectivity index (χ4n) is 2.18. The smallest absolute Gasteiger partial charge is 0.326 e. The molecule has 2 rings (SSSR count). The lowest BCUT2D eigenvalue weighted by Gasteiger charge is -2.38. The van der Waals surface area contributed by atoms with Crippen LogP contribution in [0.15, 0.2) is 30.3 Å². The molecule has 0 aliphatic carbocycles. The van der Waals surface area contributed by atoms with Crippen LogP contribution < -0.4 is 11.2 Å². The number of rotatable bonds is 2. The summed E-state index contributed by atoms with van der Waals surface area (Å²) in [5.41, 5.74) is 7.71. The van der Waals surface area contributed by atoms with E-state index >= 15 is 0 Å². The molecule has 2 amide bonds. The van der Waals surface area contributed by atoms with Gasteiger partial charge in [0.15, 0.2) is 0 Å². The topological polar surface area (TPSA) is 78.6 Å². The Labute approximate surface area is 100 Å². The number of primary amides is 1. The van der Waals surface area contributed by atoms with Crippen molar-refractivity contribution in [3.05, 3.63) is 35.9 Å². The Balaban J connectivity index is 2.00. The molecule has 5 nitrogen and oxygen atoms in total. The first kappa shape index (κ1) is 11.9. The molecule has 0 aromatic heterocycles. The number of amides is 2. The molecular formula is C12H17N3O2. The van der Waals surface area contributed by atoms with Crippen LogP contribution in [0.5, 0.6) is 0 Å². The third-order valence-corrected chi connectivity index (χ3v) is 3.17. The molecule has 0 spiro atoms. The Morgan fingerprint density at radius 2 is 1.88 bits per heavy atom. The third kappa shape index (κ3) is 2.75. The number of piperidine rings is 1. The van der Waals surface area contributed by atoms with E-state index < -0.39 is 11.6 Å². The number of hydrogen-bond acceptors (Lipinski definition) is 3. The summed E-state index contributed by atoms with van der Waals surface area (Å²) >= 11 is 0. The Morgan fingerprint density at radius 1 is 1.29 bits per heavy atom. The van der Waals surface area contributed by atoms with Crippen LogP contribution in [-0.4, -0.2) is 29.2 Å². The summed E-state index contributed by atoms with van der Waals surface area (Å²) in [5.74, 6) is 0. The maximum absolute atomic E-state index is 10.7. The van der Waals surface area contributed by atoms with Gasteiger partial charge in [0.05, 0.1) is 5.60 Å². The van der Waals surface area contributed by atoms with Crippen molar-refractivity contribution < 1.29 is 9.90 Å². The lowest BCUT2D eigenvalue weighted by atomic mass is 9.85. The number of hydrazine groups is 1. The lowest BCUT2D eigenvalue weighted by molar-refractivity contribution is -0.0341. The van der Waals surface area contributed by atoms with Gasteiger partial charge in [-0.1, -0.05) is 30.3 Å². The second kappa shape index (κ2) is 4.73. The van der Waals surface area contributed by atoms with E-state index in [2.05, 4.69) is 5.43 Å². The average Bonchev–Trinajstić information content (AvgIpc) is 2.33. The molecule has 0 unspecified atom stereocenters. The van der Waals surface area contributed by atoms with E-state index in [1.165, 1.54) is 0 Å². The molecule has 0 atom stereocenters. The van der Waals surface area contributed by atoms with Gasteiger partial charge in [-0.25, -0.2) is 9.80 Å². The van der Waals surface area contributed by atoms with Gasteiger partial charge in [0, 0.05) is 13.1 Å². The first-order valence-electron chi connectivity index (χ1n) is 5.69. The number of nitrogens with two attached hydrogens (primary N) is 1. The number of aliphatic hydroxyl groups is 1. The first-order chi connectivity index (χ1) is 8.10. The van der Waals surface area contributed by atoms with Gasteiger partial charge in [0.25, 0.3) is 0 Å². The van der Waals surface area contributed by atoms with Crippen LogP contribution in [0.25, 0.3) is 0 Å². The maximum Gasteiger partial charge on any atom is 0.326 e. The largest absolute Gasteiger partial charge is 0.385 e. The van der Waals surface area contributed by atoms with Crippen molar-refractivity contribution in [3.8, 4) is 0 Å². The summed E-state index contributed by atoms with van der Waals surface area (Å²) < 4.78 is 0. The number of carbonyl (C=O) groups excluding carboxylic acids is 1. The lowest BCUT2D eigenvalue weighted by Crippen LogP contribution is -2.52. The average molecular weight is 235 g/mol. The van der Waals surface area contributed by atoms with Gasteiger partial charge in [-0.3, -0.25) is 5.43 Å². The van der Waals surface area contributed by atoms with Crippen LogP contribution >= 0.6 is 0 Å². The van der Waals surface area contributed by atoms with Crippen LogP contribution in [0.2, 0.25) is 0 Å². The second-order valence-electron chi connectivity index (χ2n) is 4.36. The van der Waals surface area contributed by atoms with E-state index in [1.54, 1.807) is 5.01 Å². The predicted molar refractivity (Wildman–Crippen MR) is 63.9 cm³/mol. The van der Waals surface area contributed by atoms with Crippen LogP contribution in [0, 0.1) is 0 Å². The van der Waals surface area contributed by atoms with Crippen molar-refractivity contribution in [3.63, 3.8) is 0 Å². The standard InChI is InChI=1S/C12H17N3O2/c13-11(16)14-15-8-6-12(17,7-9-15)10-4-2-1-3-5-10/h1-5,17H,6-9H2,(H3,13,14,16). The highest BCUT2D eigenvalue weighted by Gasteiger charge is 2.33. The van der Waals surface area contributed by atoms with Crippen molar-refractivity contribution in [2.24, 2.45) is 5.73 Å². The van der Waals surface area contributed by atoms with Crippen molar-refractivity contribution in [2.45, 2.75) is 18.4 Å². The van der Waals surface area contributed by atoms with Crippen LogP contribution in [-0.2, 0) is 5.60 Å². The minimum atomic E-state index is -0.795. The molecule has 1 saturated heterocycles. The molecule has 92 valence electrons. The minimum Gasteiger partial charge on any atom is -0.385 e. The zero-order chi connectivity index (χ0) is 12.3. The summed E-state index contributed by atoms with van der Waals surface area (Å²) in [6.45, 7) is 1.18. The van der Waals surface area contributed by atoms with Gasteiger partial charge in [-0.05, 0) is 18.4 Å². The zero-order valence-electron chi connectivity index (χ0n) is 9.60. The molecule has 1 fully saturated rings. The highest BCUT2D eigenvalue weighted by molar-refractivity contribution is 5.70. The minimum absolute atomic E-state index is 0.560. The Kier molecular flexibility index (Phi) is 3.31. The Morgan fingerprint density at radius 3 is 2.41 bits per heavy atom. The van der Waals surface area contributed by atoms with Gasteiger partial charge in [-0.15, -0.1) is 0 Å². The SMILES string of the molecule is NC(=O)NN1CCC(O)(c2ccccc2)CC1. The third-order valence-electron chi connectivity index (χ3n) is 3.17. The number of hydrogen-bond donors (Lipinski definition) is 3. The second-order valence-corrected chi connectivity index (χ2v) is 4.36. The number of benzene rings is 1. The van der Waals surface area contributed by atoms with E-state index in [9.17, 15) is 9.90 Å². The Hall–Kier alpha value is -1.59. The number of nitrogens with one attached hydrogen (secondary N) is 1. The molecule has 0 bridgehead atoms. The van der Waals surface area contributed by atoms with Crippen molar-refractivity contribution in [1.29, 1.82) is 0 Å². The van der Waals surface area contributed by atoms with Gasteiger partial charge in [0.1, 0.15) is 0 Å². The van der Waals surface area contributed by atoms with Crippen LogP contribution in [0.4, 0.5) is 4.79 Å². The fourth-order valence-corrected chi connectivity index (χ4v) is 2.18. The number of urea groups is 1. The maximum atomic E-state index is 10.7. The van der Waals surface area contributed by atoms with E-state index in [4.69, 9.17) is 5.73 Å². The van der Waals surface area contributed by atoms with Crippen molar-refractivity contribution >= 4 is 6.03 Å². The van der Waals surface area contributed by atoms with Gasteiger partial charge in [-0.2, -0.15) is 0 Å². The van der Waals surface area contributed by atoms with E-state index in [-0.39, 0.29) is 0 Å². The molecule has 4 N–H and O–H groups in total. The predicted octanol–water partition coefficient (Wildman–Crippen LogP) is 0.553. The monoisotopic (exact) mass is 235 g/mol. The molecule has 5 heteroatoms. The molecular weight excluding hydrogens is 218 g/mol. The fraction of sp³-hybridized carbons (Fsp3) is 0.417. The zero-order valence-corrected chi connectivity index (χ0v) is 9.60. The molecule has 1 aromatic carbocycles. The molecule has 1 aliphatic heterocycles. The molecule has 17 heavy (non-hydrogen) atoms. The van der Waals surface area contributed by atoms with Gasteiger partial charge >= 0.3 is 6.03 Å². The summed E-state index contributed by atoms with van der Waals surface area (Å²) in [6, 6.07) is 9.06. The van der Waals surface area contributed by atoms with E-state index in [0.29, 0.717) is 25.9 Å². The van der Waals surface area contributed by atoms with Crippen LogP contribution in [0.3, 0.4) is 0 Å². The normalized spacial score (nSPS) is 19.8. The molecule has 1 aliphatic rings. The molecule has 0 saturated carbocycles. The highest BCUT2D eigenvalue weighted by Crippen LogP contribution is 2.31. The summed E-state index contributed by atoms with van der Waals surface area (Å²) in [4.78, 5) is 10.7. The summed E-state index contributed by atoms with van der Waals surface area (Å²) in [6.07, 6.45) is 1.16. The highest BCUT2D eigenvalue weighted by atomic mass is 16.3. The van der Waals surface area contributed by atoms with Crippen LogP contribution in [0.1, 0.15) is 18.4 Å². The van der Waals surface area contributed by atoms with Crippen molar-refractivity contribution in [1.82, 2.24) is 10.4 Å². The van der Waals surface area contributed by atoms with Crippen molar-refractivity contribution in [2.75, 3.05) is 13.1 Å². The van der Waals surface area contributed by atoms with E-state index in [0.717, 1.165) is 5.56 Å². The van der Waals surface area contributed by atoms with E-state index in [1.807, 2.05) is 30.3 Å². The van der Waals surface area contributed by atoms with Gasteiger partial charge in [0.2, 0.25) is 0 Å². The van der Waals surface area contributed by atoms with Gasteiger partial charge < -0.3 is 10.8 Å². The summed E-state index contributed by atoms with van der Waals surface area (Å²) in [7, 11) is 0. The number of carbonyl (C=O) groups is 1. The molecule has 0 radical (unpaired) electrons. The quantitative estimate of drug-likeness (QED) is 0.700. The Bertz CT molecular complexity index is 386. The molecule has 1 aromatic rings.